The van der Waals surface area contributed by atoms with E-state index in [4.69, 9.17) is 9.15 Å². The summed E-state index contributed by atoms with van der Waals surface area (Å²) in [5.74, 6) is -1.29. The van der Waals surface area contributed by atoms with Crippen molar-refractivity contribution in [3.05, 3.63) is 41.3 Å². The highest BCUT2D eigenvalue weighted by molar-refractivity contribution is 5.88. The number of unbranched alkanes of at least 4 members (excludes halogenated alkanes) is 1. The number of ketones is 1. The summed E-state index contributed by atoms with van der Waals surface area (Å²) in [6.45, 7) is 9.05. The summed E-state index contributed by atoms with van der Waals surface area (Å²) < 4.78 is 11.4. The minimum Gasteiger partial charge on any atom is -0.457 e. The highest BCUT2D eigenvalue weighted by Gasteiger charge is 2.43. The van der Waals surface area contributed by atoms with Gasteiger partial charge < -0.3 is 24.5 Å². The van der Waals surface area contributed by atoms with Gasteiger partial charge in [-0.25, -0.2) is 4.98 Å². The van der Waals surface area contributed by atoms with Gasteiger partial charge in [0.15, 0.2) is 5.58 Å². The number of hydrogen-bond donors (Lipinski definition) is 3. The van der Waals surface area contributed by atoms with Crippen LogP contribution >= 0.6 is 0 Å². The summed E-state index contributed by atoms with van der Waals surface area (Å²) in [7, 11) is 0. The average Bonchev–Trinajstić information content (AvgIpc) is 3.32. The van der Waals surface area contributed by atoms with Crippen LogP contribution in [0, 0.1) is 17.3 Å². The molecule has 1 aromatic heterocycles. The summed E-state index contributed by atoms with van der Waals surface area (Å²) in [4.78, 5) is 31.1. The molecular weight excluding hydrogens is 498 g/mol. The van der Waals surface area contributed by atoms with Crippen LogP contribution in [0.1, 0.15) is 104 Å². The van der Waals surface area contributed by atoms with E-state index < -0.39 is 35.6 Å². The number of rotatable bonds is 5. The number of cyclic esters (lactones) is 1. The second-order valence-electron chi connectivity index (χ2n) is 11.7. The molecule has 216 valence electrons. The number of hydrogen-bond acceptors (Lipinski definition) is 8. The maximum absolute atomic E-state index is 13.7. The van der Waals surface area contributed by atoms with E-state index in [1.165, 1.54) is 0 Å². The number of oxazole rings is 1. The lowest BCUT2D eigenvalue weighted by atomic mass is 9.71. The zero-order valence-electron chi connectivity index (χ0n) is 24.0. The number of aromatic nitrogens is 1. The SMILES string of the molecule is CCCC[C@H]1C(=O)C(C)(C)[C@@H](O)CC(=O)O[C@H](c2ccc3oc(CO)nc3c2)C/C=C(\C)CCC[C@H](C)[C@@H]1O. The molecule has 0 saturated heterocycles. The Hall–Kier alpha value is -2.55. The molecule has 0 bridgehead atoms. The molecule has 0 amide bonds. The van der Waals surface area contributed by atoms with E-state index in [0.717, 1.165) is 43.2 Å². The van der Waals surface area contributed by atoms with Crippen LogP contribution in [0.2, 0.25) is 0 Å². The van der Waals surface area contributed by atoms with Gasteiger partial charge in [-0.1, -0.05) is 58.3 Å². The van der Waals surface area contributed by atoms with Crippen LogP contribution in [0.3, 0.4) is 0 Å². The Morgan fingerprint density at radius 1 is 1.18 bits per heavy atom. The van der Waals surface area contributed by atoms with Crippen LogP contribution in [-0.4, -0.2) is 44.3 Å². The van der Waals surface area contributed by atoms with Gasteiger partial charge in [-0.2, -0.15) is 0 Å². The normalized spacial score (nSPS) is 29.1. The molecule has 3 rings (SSSR count). The van der Waals surface area contributed by atoms with Crippen molar-refractivity contribution >= 4 is 22.9 Å². The summed E-state index contributed by atoms with van der Waals surface area (Å²) in [5.41, 5.74) is 1.72. The molecule has 39 heavy (non-hydrogen) atoms. The first-order valence-corrected chi connectivity index (χ1v) is 14.2. The number of carbonyl (C=O) groups excluding carboxylic acids is 2. The summed E-state index contributed by atoms with van der Waals surface area (Å²) in [6.07, 6.45) is 4.17. The third-order valence-corrected chi connectivity index (χ3v) is 8.18. The molecular formula is C31H45NO7. The molecule has 8 nitrogen and oxygen atoms in total. The van der Waals surface area contributed by atoms with Crippen molar-refractivity contribution in [1.29, 1.82) is 0 Å². The van der Waals surface area contributed by atoms with E-state index >= 15 is 0 Å². The number of aliphatic hydroxyl groups excluding tert-OH is 3. The molecule has 2 aromatic rings. The van der Waals surface area contributed by atoms with E-state index in [-0.39, 0.29) is 30.6 Å². The van der Waals surface area contributed by atoms with Crippen molar-refractivity contribution in [2.24, 2.45) is 17.3 Å². The number of allylic oxidation sites excluding steroid dienone is 1. The molecule has 0 fully saturated rings. The lowest BCUT2D eigenvalue weighted by Gasteiger charge is -2.36. The van der Waals surface area contributed by atoms with E-state index in [1.807, 2.05) is 20.8 Å². The average molecular weight is 544 g/mol. The third kappa shape index (κ3) is 7.77. The van der Waals surface area contributed by atoms with E-state index in [1.54, 1.807) is 32.0 Å². The van der Waals surface area contributed by atoms with Gasteiger partial charge in [0, 0.05) is 12.3 Å². The largest absolute Gasteiger partial charge is 0.457 e. The van der Waals surface area contributed by atoms with Crippen LogP contribution < -0.4 is 0 Å². The first kappa shape index (κ1) is 31.0. The Balaban J connectivity index is 1.92. The number of carbonyl (C=O) groups is 2. The summed E-state index contributed by atoms with van der Waals surface area (Å²) in [6, 6.07) is 5.32. The van der Waals surface area contributed by atoms with Crippen LogP contribution in [0.5, 0.6) is 0 Å². The fraction of sp³-hybridized carbons (Fsp3) is 0.645. The number of benzene rings is 1. The predicted molar refractivity (Wildman–Crippen MR) is 149 cm³/mol. The van der Waals surface area contributed by atoms with Crippen molar-refractivity contribution in [2.75, 3.05) is 0 Å². The Labute approximate surface area is 231 Å². The van der Waals surface area contributed by atoms with Crippen molar-refractivity contribution in [3.8, 4) is 0 Å². The lowest BCUT2D eigenvalue weighted by Crippen LogP contribution is -2.46. The van der Waals surface area contributed by atoms with Crippen LogP contribution in [0.15, 0.2) is 34.3 Å². The molecule has 2 heterocycles. The minimum absolute atomic E-state index is 0.0693. The van der Waals surface area contributed by atoms with Crippen molar-refractivity contribution in [2.45, 2.75) is 111 Å². The van der Waals surface area contributed by atoms with E-state index in [9.17, 15) is 24.9 Å². The molecule has 1 aliphatic heterocycles. The second-order valence-corrected chi connectivity index (χ2v) is 11.7. The molecule has 8 heteroatoms. The Bertz CT molecular complexity index is 1150. The maximum atomic E-state index is 13.7. The highest BCUT2D eigenvalue weighted by atomic mass is 16.5. The number of Topliss-reactive ketones (excluding diaryl/α,β-unsaturated/α-hetero) is 1. The van der Waals surface area contributed by atoms with Gasteiger partial charge in [0.1, 0.15) is 24.0 Å². The quantitative estimate of drug-likeness (QED) is 0.329. The molecule has 0 aliphatic carbocycles. The molecule has 0 saturated carbocycles. The van der Waals surface area contributed by atoms with Gasteiger partial charge in [-0.05, 0) is 56.2 Å². The van der Waals surface area contributed by atoms with Gasteiger partial charge in [-0.3, -0.25) is 9.59 Å². The Kier molecular flexibility index (Phi) is 10.9. The molecule has 5 atom stereocenters. The van der Waals surface area contributed by atoms with Gasteiger partial charge in [0.05, 0.1) is 24.0 Å². The Morgan fingerprint density at radius 3 is 2.62 bits per heavy atom. The smallest absolute Gasteiger partial charge is 0.309 e. The third-order valence-electron chi connectivity index (χ3n) is 8.18. The standard InChI is InChI=1S/C31H45NO7/c1-6-7-11-22-29(36)20(3)10-8-9-19(2)12-14-24(39-28(35)17-26(34)31(4,5)30(22)37)21-13-15-25-23(16-21)32-27(18-33)38-25/h12-13,15-16,20,22,24,26,29,33-34,36H,6-11,14,17-18H2,1-5H3/b19-12+/t20-,22+,24-,26-,29-/m0/s1. The number of esters is 1. The van der Waals surface area contributed by atoms with Crippen molar-refractivity contribution < 1.29 is 34.1 Å². The summed E-state index contributed by atoms with van der Waals surface area (Å²) in [5, 5.41) is 31.7. The lowest BCUT2D eigenvalue weighted by molar-refractivity contribution is -0.156. The van der Waals surface area contributed by atoms with E-state index in [2.05, 4.69) is 11.1 Å². The first-order valence-electron chi connectivity index (χ1n) is 14.2. The monoisotopic (exact) mass is 543 g/mol. The highest BCUT2D eigenvalue weighted by Crippen LogP contribution is 2.35. The zero-order valence-corrected chi connectivity index (χ0v) is 24.0. The number of fused-ring (bicyclic) bond motifs is 1. The fourth-order valence-electron chi connectivity index (χ4n) is 5.34. The van der Waals surface area contributed by atoms with Crippen LogP contribution in [0.4, 0.5) is 0 Å². The van der Waals surface area contributed by atoms with Crippen molar-refractivity contribution in [3.63, 3.8) is 0 Å². The molecule has 3 N–H and O–H groups in total. The van der Waals surface area contributed by atoms with E-state index in [0.29, 0.717) is 23.9 Å². The number of aliphatic hydroxyl groups is 3. The molecule has 0 unspecified atom stereocenters. The second kappa shape index (κ2) is 13.7. The fourth-order valence-corrected chi connectivity index (χ4v) is 5.34. The topological polar surface area (TPSA) is 130 Å². The van der Waals surface area contributed by atoms with Gasteiger partial charge in [0.2, 0.25) is 5.89 Å². The molecule has 0 radical (unpaired) electrons. The summed E-state index contributed by atoms with van der Waals surface area (Å²) >= 11 is 0. The first-order chi connectivity index (χ1) is 18.5. The Morgan fingerprint density at radius 2 is 1.92 bits per heavy atom. The van der Waals surface area contributed by atoms with Crippen LogP contribution in [0.25, 0.3) is 11.1 Å². The van der Waals surface area contributed by atoms with Gasteiger partial charge >= 0.3 is 5.97 Å². The van der Waals surface area contributed by atoms with Crippen LogP contribution in [-0.2, 0) is 20.9 Å². The van der Waals surface area contributed by atoms with Gasteiger partial charge in [0.25, 0.3) is 0 Å². The number of nitrogens with zero attached hydrogens (tertiary/aromatic N) is 1. The molecule has 1 aliphatic rings. The molecule has 1 aromatic carbocycles. The predicted octanol–water partition coefficient (Wildman–Crippen LogP) is 5.57. The minimum atomic E-state index is -1.26. The van der Waals surface area contributed by atoms with Crippen molar-refractivity contribution in [1.82, 2.24) is 4.98 Å². The maximum Gasteiger partial charge on any atom is 0.309 e. The number of ether oxygens (including phenoxy) is 1. The molecule has 0 spiro atoms. The zero-order chi connectivity index (χ0) is 28.7. The van der Waals surface area contributed by atoms with Gasteiger partial charge in [-0.15, -0.1) is 0 Å².